The van der Waals surface area contributed by atoms with E-state index in [1.54, 1.807) is 13.1 Å². The second-order valence-electron chi connectivity index (χ2n) is 6.43. The standard InChI is InChI=1S/C18H23N3O4/c1-4-25-18(24)13-9-19-21-15(8-14(17(22)23)20-16(13)21)12-6-5-10(2)7-11(12)3/h5-7,9,14-16,19-20H,4,8H2,1-3H3,(H,22,23). The van der Waals surface area contributed by atoms with Crippen molar-refractivity contribution in [1.82, 2.24) is 15.8 Å². The molecule has 2 aliphatic heterocycles. The van der Waals surface area contributed by atoms with E-state index in [-0.39, 0.29) is 12.6 Å². The molecule has 2 heterocycles. The molecule has 1 saturated heterocycles. The number of nitrogens with zero attached hydrogens (tertiary/aromatic N) is 1. The third-order valence-corrected chi connectivity index (χ3v) is 4.69. The summed E-state index contributed by atoms with van der Waals surface area (Å²) in [7, 11) is 0. The van der Waals surface area contributed by atoms with Gasteiger partial charge in [-0.05, 0) is 38.3 Å². The lowest BCUT2D eigenvalue weighted by Gasteiger charge is -2.42. The molecule has 25 heavy (non-hydrogen) atoms. The Kier molecular flexibility index (Phi) is 4.78. The van der Waals surface area contributed by atoms with Gasteiger partial charge in [-0.15, -0.1) is 0 Å². The molecule has 0 radical (unpaired) electrons. The number of hydrogen-bond acceptors (Lipinski definition) is 6. The lowest BCUT2D eigenvalue weighted by Crippen LogP contribution is -2.60. The monoisotopic (exact) mass is 345 g/mol. The molecule has 0 aliphatic carbocycles. The van der Waals surface area contributed by atoms with Gasteiger partial charge in [0.05, 0.1) is 18.2 Å². The number of ether oxygens (including phenoxy) is 1. The van der Waals surface area contributed by atoms with Crippen molar-refractivity contribution in [2.24, 2.45) is 0 Å². The zero-order valence-corrected chi connectivity index (χ0v) is 14.6. The third kappa shape index (κ3) is 3.25. The van der Waals surface area contributed by atoms with E-state index in [4.69, 9.17) is 4.74 Å². The van der Waals surface area contributed by atoms with Gasteiger partial charge in [-0.3, -0.25) is 10.1 Å². The van der Waals surface area contributed by atoms with E-state index in [1.807, 2.05) is 31.0 Å². The van der Waals surface area contributed by atoms with Crippen molar-refractivity contribution >= 4 is 11.9 Å². The molecule has 1 aromatic carbocycles. The largest absolute Gasteiger partial charge is 0.480 e. The highest BCUT2D eigenvalue weighted by atomic mass is 16.5. The van der Waals surface area contributed by atoms with Gasteiger partial charge < -0.3 is 15.3 Å². The van der Waals surface area contributed by atoms with Crippen LogP contribution in [0.4, 0.5) is 0 Å². The van der Waals surface area contributed by atoms with E-state index in [1.165, 1.54) is 0 Å². The Hall–Kier alpha value is -2.38. The average molecular weight is 345 g/mol. The minimum absolute atomic E-state index is 0.170. The lowest BCUT2D eigenvalue weighted by atomic mass is 9.91. The number of carboxylic acid groups (broad SMARTS) is 1. The van der Waals surface area contributed by atoms with Crippen molar-refractivity contribution in [3.05, 3.63) is 46.7 Å². The molecule has 0 saturated carbocycles. The van der Waals surface area contributed by atoms with E-state index in [0.717, 1.165) is 16.7 Å². The van der Waals surface area contributed by atoms with Gasteiger partial charge in [-0.1, -0.05) is 23.8 Å². The number of aryl methyl sites for hydroxylation is 2. The smallest absolute Gasteiger partial charge is 0.338 e. The van der Waals surface area contributed by atoms with Crippen LogP contribution in [0.25, 0.3) is 0 Å². The van der Waals surface area contributed by atoms with Gasteiger partial charge in [-0.2, -0.15) is 5.01 Å². The summed E-state index contributed by atoms with van der Waals surface area (Å²) in [5.74, 6) is -1.37. The normalized spacial score (nSPS) is 25.7. The first kappa shape index (κ1) is 17.4. The van der Waals surface area contributed by atoms with Gasteiger partial charge in [0, 0.05) is 6.20 Å². The summed E-state index contributed by atoms with van der Waals surface area (Å²) >= 11 is 0. The fraction of sp³-hybridized carbons (Fsp3) is 0.444. The number of carboxylic acids is 1. The Morgan fingerprint density at radius 2 is 2.12 bits per heavy atom. The first-order valence-electron chi connectivity index (χ1n) is 8.40. The van der Waals surface area contributed by atoms with Gasteiger partial charge in [0.15, 0.2) is 0 Å². The number of esters is 1. The number of nitrogens with one attached hydrogen (secondary N) is 2. The maximum absolute atomic E-state index is 12.2. The van der Waals surface area contributed by atoms with Gasteiger partial charge in [0.1, 0.15) is 12.2 Å². The van der Waals surface area contributed by atoms with Crippen LogP contribution in [0.15, 0.2) is 30.0 Å². The van der Waals surface area contributed by atoms with Gasteiger partial charge in [0.25, 0.3) is 0 Å². The molecule has 0 amide bonds. The number of hydrogen-bond donors (Lipinski definition) is 3. The molecule has 3 N–H and O–H groups in total. The predicted octanol–water partition coefficient (Wildman–Crippen LogP) is 1.38. The Morgan fingerprint density at radius 1 is 1.36 bits per heavy atom. The quantitative estimate of drug-likeness (QED) is 0.710. The molecule has 1 aromatic rings. The van der Waals surface area contributed by atoms with Crippen LogP contribution >= 0.6 is 0 Å². The molecule has 7 heteroatoms. The molecule has 3 atom stereocenters. The van der Waals surface area contributed by atoms with Gasteiger partial charge >= 0.3 is 11.9 Å². The molecule has 1 fully saturated rings. The van der Waals surface area contributed by atoms with Crippen molar-refractivity contribution in [1.29, 1.82) is 0 Å². The van der Waals surface area contributed by atoms with Crippen molar-refractivity contribution in [2.75, 3.05) is 6.61 Å². The first-order chi connectivity index (χ1) is 11.9. The van der Waals surface area contributed by atoms with Crippen molar-refractivity contribution in [2.45, 2.75) is 45.4 Å². The summed E-state index contributed by atoms with van der Waals surface area (Å²) in [6.45, 7) is 6.05. The molecule has 7 nitrogen and oxygen atoms in total. The molecular weight excluding hydrogens is 322 g/mol. The molecule has 3 rings (SSSR count). The van der Waals surface area contributed by atoms with E-state index in [2.05, 4.69) is 16.8 Å². The summed E-state index contributed by atoms with van der Waals surface area (Å²) in [5, 5.41) is 14.4. The second-order valence-corrected chi connectivity index (χ2v) is 6.43. The van der Waals surface area contributed by atoms with Gasteiger partial charge in [0.2, 0.25) is 0 Å². The number of benzene rings is 1. The third-order valence-electron chi connectivity index (χ3n) is 4.69. The van der Waals surface area contributed by atoms with Crippen LogP contribution in [0.1, 0.15) is 36.1 Å². The molecule has 134 valence electrons. The minimum Gasteiger partial charge on any atom is -0.480 e. The highest BCUT2D eigenvalue weighted by Gasteiger charge is 2.45. The second kappa shape index (κ2) is 6.85. The number of rotatable bonds is 4. The van der Waals surface area contributed by atoms with Crippen LogP contribution in [0.2, 0.25) is 0 Å². The number of aliphatic carboxylic acids is 1. The zero-order chi connectivity index (χ0) is 18.1. The maximum Gasteiger partial charge on any atom is 0.338 e. The number of fused-ring (bicyclic) bond motifs is 1. The average Bonchev–Trinajstić information content (AvgIpc) is 2.98. The van der Waals surface area contributed by atoms with E-state index < -0.39 is 24.1 Å². The zero-order valence-electron chi connectivity index (χ0n) is 14.6. The van der Waals surface area contributed by atoms with E-state index in [0.29, 0.717) is 12.0 Å². The topological polar surface area (TPSA) is 90.9 Å². The minimum atomic E-state index is -0.926. The van der Waals surface area contributed by atoms with Crippen LogP contribution in [0.3, 0.4) is 0 Å². The Balaban J connectivity index is 1.94. The Bertz CT molecular complexity index is 731. The van der Waals surface area contributed by atoms with Crippen molar-refractivity contribution in [3.63, 3.8) is 0 Å². The van der Waals surface area contributed by atoms with Crippen LogP contribution in [0.5, 0.6) is 0 Å². The maximum atomic E-state index is 12.2. The van der Waals surface area contributed by atoms with Crippen molar-refractivity contribution in [3.8, 4) is 0 Å². The number of hydrazine groups is 1. The summed E-state index contributed by atoms with van der Waals surface area (Å²) < 4.78 is 5.09. The Labute approximate surface area is 146 Å². The summed E-state index contributed by atoms with van der Waals surface area (Å²) in [6, 6.07) is 5.21. The highest BCUT2D eigenvalue weighted by molar-refractivity contribution is 5.90. The fourth-order valence-corrected chi connectivity index (χ4v) is 3.52. The van der Waals surface area contributed by atoms with E-state index >= 15 is 0 Å². The van der Waals surface area contributed by atoms with Crippen LogP contribution in [-0.2, 0) is 14.3 Å². The molecule has 2 aliphatic rings. The number of carbonyl (C=O) groups is 2. The van der Waals surface area contributed by atoms with Crippen LogP contribution in [-0.4, -0.2) is 40.9 Å². The highest BCUT2D eigenvalue weighted by Crippen LogP contribution is 2.36. The van der Waals surface area contributed by atoms with Crippen LogP contribution in [0, 0.1) is 13.8 Å². The Morgan fingerprint density at radius 3 is 2.76 bits per heavy atom. The molecule has 3 unspecified atom stereocenters. The predicted molar refractivity (Wildman–Crippen MR) is 91.3 cm³/mol. The molecule has 0 bridgehead atoms. The molecular formula is C18H23N3O4. The first-order valence-corrected chi connectivity index (χ1v) is 8.40. The SMILES string of the molecule is CCOC(=O)C1=CNN2C1NC(C(=O)O)CC2c1ccc(C)cc1C. The fourth-order valence-electron chi connectivity index (χ4n) is 3.52. The summed E-state index contributed by atoms with van der Waals surface area (Å²) in [4.78, 5) is 23.8. The van der Waals surface area contributed by atoms with Gasteiger partial charge in [-0.25, -0.2) is 4.79 Å². The lowest BCUT2D eigenvalue weighted by molar-refractivity contribution is -0.144. The number of carbonyl (C=O) groups excluding carboxylic acids is 1. The van der Waals surface area contributed by atoms with Crippen molar-refractivity contribution < 1.29 is 19.4 Å². The molecule has 0 aromatic heterocycles. The molecule has 0 spiro atoms. The summed E-state index contributed by atoms with van der Waals surface area (Å²) in [6.07, 6.45) is 1.45. The van der Waals surface area contributed by atoms with Crippen LogP contribution < -0.4 is 10.7 Å². The van der Waals surface area contributed by atoms with E-state index in [9.17, 15) is 14.7 Å². The summed E-state index contributed by atoms with van der Waals surface area (Å²) in [5.41, 5.74) is 6.81.